The summed E-state index contributed by atoms with van der Waals surface area (Å²) in [7, 11) is 1.90. The summed E-state index contributed by atoms with van der Waals surface area (Å²) in [4.78, 5) is 4.25. The molecule has 0 aromatic carbocycles. The van der Waals surface area contributed by atoms with E-state index in [0.717, 1.165) is 23.8 Å². The van der Waals surface area contributed by atoms with Crippen molar-refractivity contribution in [2.75, 3.05) is 7.05 Å². The first-order valence-electron chi connectivity index (χ1n) is 4.86. The van der Waals surface area contributed by atoms with E-state index in [1.165, 1.54) is 0 Å². The highest BCUT2D eigenvalue weighted by atomic mass is 16.5. The molecule has 2 rings (SSSR count). The lowest BCUT2D eigenvalue weighted by Gasteiger charge is -2.04. The minimum Gasteiger partial charge on any atom is -0.359 e. The molecular formula is C10H14N4O. The molecule has 2 aromatic heterocycles. The van der Waals surface area contributed by atoms with Crippen molar-refractivity contribution in [2.24, 2.45) is 0 Å². The number of rotatable bonds is 4. The molecule has 2 aromatic rings. The lowest BCUT2D eigenvalue weighted by Crippen LogP contribution is -2.12. The van der Waals surface area contributed by atoms with E-state index in [-0.39, 0.29) is 0 Å². The van der Waals surface area contributed by atoms with Gasteiger partial charge < -0.3 is 14.4 Å². The van der Waals surface area contributed by atoms with Gasteiger partial charge in [0.1, 0.15) is 5.82 Å². The minimum atomic E-state index is 0.678. The summed E-state index contributed by atoms with van der Waals surface area (Å²) in [6.45, 7) is 3.34. The van der Waals surface area contributed by atoms with Crippen molar-refractivity contribution in [1.82, 2.24) is 20.0 Å². The fourth-order valence-corrected chi connectivity index (χ4v) is 1.47. The van der Waals surface area contributed by atoms with E-state index in [0.29, 0.717) is 6.54 Å². The van der Waals surface area contributed by atoms with E-state index in [4.69, 9.17) is 4.52 Å². The normalized spacial score (nSPS) is 10.8. The van der Waals surface area contributed by atoms with E-state index in [9.17, 15) is 0 Å². The van der Waals surface area contributed by atoms with Gasteiger partial charge in [-0.3, -0.25) is 0 Å². The van der Waals surface area contributed by atoms with Gasteiger partial charge in [0, 0.05) is 18.5 Å². The molecule has 0 atom stereocenters. The van der Waals surface area contributed by atoms with Gasteiger partial charge in [-0.05, 0) is 14.0 Å². The van der Waals surface area contributed by atoms with E-state index in [2.05, 4.69) is 15.5 Å². The quantitative estimate of drug-likeness (QED) is 0.809. The molecule has 5 heteroatoms. The molecule has 0 unspecified atom stereocenters. The van der Waals surface area contributed by atoms with Crippen LogP contribution in [0.1, 0.15) is 17.3 Å². The molecule has 0 aliphatic rings. The molecule has 0 bridgehead atoms. The fraction of sp³-hybridized carbons (Fsp3) is 0.400. The third-order valence-corrected chi connectivity index (χ3v) is 2.14. The van der Waals surface area contributed by atoms with Crippen LogP contribution in [0.25, 0.3) is 0 Å². The first-order valence-corrected chi connectivity index (χ1v) is 4.86. The van der Waals surface area contributed by atoms with Crippen LogP contribution in [0.3, 0.4) is 0 Å². The molecule has 0 radical (unpaired) electrons. The SMILES string of the molecule is CNCc1nccn1Cc1cc(C)no1. The van der Waals surface area contributed by atoms with Crippen LogP contribution in [-0.4, -0.2) is 21.8 Å². The van der Waals surface area contributed by atoms with Crippen LogP contribution in [0.2, 0.25) is 0 Å². The predicted octanol–water partition coefficient (Wildman–Crippen LogP) is 0.947. The standard InChI is InChI=1S/C10H14N4O/c1-8-5-9(15-13-8)7-14-4-3-12-10(14)6-11-2/h3-5,11H,6-7H2,1-2H3. The van der Waals surface area contributed by atoms with E-state index in [1.54, 1.807) is 6.20 Å². The number of imidazole rings is 1. The van der Waals surface area contributed by atoms with Gasteiger partial charge >= 0.3 is 0 Å². The van der Waals surface area contributed by atoms with E-state index < -0.39 is 0 Å². The average Bonchev–Trinajstić information content (AvgIpc) is 2.78. The van der Waals surface area contributed by atoms with Gasteiger partial charge in [0.15, 0.2) is 5.76 Å². The molecule has 80 valence electrons. The number of hydrogen-bond acceptors (Lipinski definition) is 4. The van der Waals surface area contributed by atoms with Crippen molar-refractivity contribution in [3.05, 3.63) is 35.7 Å². The Morgan fingerprint density at radius 3 is 3.07 bits per heavy atom. The Balaban J connectivity index is 2.13. The Labute approximate surface area is 88.1 Å². The Bertz CT molecular complexity index is 432. The molecule has 0 spiro atoms. The van der Waals surface area contributed by atoms with Crippen molar-refractivity contribution < 1.29 is 4.52 Å². The number of aromatic nitrogens is 3. The minimum absolute atomic E-state index is 0.678. The summed E-state index contributed by atoms with van der Waals surface area (Å²) in [5, 5.41) is 6.92. The van der Waals surface area contributed by atoms with Crippen LogP contribution in [0.5, 0.6) is 0 Å². The van der Waals surface area contributed by atoms with Crippen molar-refractivity contribution in [1.29, 1.82) is 0 Å². The number of nitrogens with one attached hydrogen (secondary N) is 1. The summed E-state index contributed by atoms with van der Waals surface area (Å²) < 4.78 is 7.19. The molecular weight excluding hydrogens is 192 g/mol. The Kier molecular flexibility index (Phi) is 2.82. The third-order valence-electron chi connectivity index (χ3n) is 2.14. The third kappa shape index (κ3) is 2.24. The summed E-state index contributed by atoms with van der Waals surface area (Å²) in [6.07, 6.45) is 3.72. The van der Waals surface area contributed by atoms with Crippen LogP contribution >= 0.6 is 0 Å². The van der Waals surface area contributed by atoms with Gasteiger partial charge in [-0.1, -0.05) is 5.16 Å². The zero-order chi connectivity index (χ0) is 10.7. The molecule has 1 N–H and O–H groups in total. The van der Waals surface area contributed by atoms with Crippen LogP contribution in [-0.2, 0) is 13.1 Å². The molecule has 0 fully saturated rings. The van der Waals surface area contributed by atoms with Gasteiger partial charge in [-0.15, -0.1) is 0 Å². The monoisotopic (exact) mass is 206 g/mol. The van der Waals surface area contributed by atoms with Crippen LogP contribution in [0.15, 0.2) is 23.0 Å². The number of nitrogens with zero attached hydrogens (tertiary/aromatic N) is 3. The summed E-state index contributed by atoms with van der Waals surface area (Å²) in [5.74, 6) is 1.84. The highest BCUT2D eigenvalue weighted by molar-refractivity contribution is 5.05. The van der Waals surface area contributed by atoms with Crippen LogP contribution in [0.4, 0.5) is 0 Å². The van der Waals surface area contributed by atoms with Crippen molar-refractivity contribution in [3.8, 4) is 0 Å². The largest absolute Gasteiger partial charge is 0.359 e. The lowest BCUT2D eigenvalue weighted by atomic mass is 10.4. The smallest absolute Gasteiger partial charge is 0.156 e. The van der Waals surface area contributed by atoms with Crippen LogP contribution < -0.4 is 5.32 Å². The topological polar surface area (TPSA) is 55.9 Å². The van der Waals surface area contributed by atoms with E-state index in [1.807, 2.05) is 30.8 Å². The zero-order valence-electron chi connectivity index (χ0n) is 8.90. The van der Waals surface area contributed by atoms with Gasteiger partial charge in [-0.2, -0.15) is 0 Å². The highest BCUT2D eigenvalue weighted by Gasteiger charge is 2.05. The summed E-state index contributed by atoms with van der Waals surface area (Å²) >= 11 is 0. The Morgan fingerprint density at radius 1 is 1.53 bits per heavy atom. The van der Waals surface area contributed by atoms with Gasteiger partial charge in [0.25, 0.3) is 0 Å². The molecule has 0 amide bonds. The van der Waals surface area contributed by atoms with Gasteiger partial charge in [-0.25, -0.2) is 4.98 Å². The lowest BCUT2D eigenvalue weighted by molar-refractivity contribution is 0.371. The summed E-state index contributed by atoms with van der Waals surface area (Å²) in [6, 6.07) is 1.93. The Morgan fingerprint density at radius 2 is 2.40 bits per heavy atom. The molecule has 15 heavy (non-hydrogen) atoms. The van der Waals surface area contributed by atoms with Crippen LogP contribution in [0, 0.1) is 6.92 Å². The molecule has 0 saturated heterocycles. The number of aryl methyl sites for hydroxylation is 1. The Hall–Kier alpha value is -1.62. The molecule has 0 aliphatic heterocycles. The maximum atomic E-state index is 5.15. The maximum absolute atomic E-state index is 5.15. The van der Waals surface area contributed by atoms with Crippen molar-refractivity contribution in [2.45, 2.75) is 20.0 Å². The zero-order valence-corrected chi connectivity index (χ0v) is 8.90. The summed E-state index contributed by atoms with van der Waals surface area (Å²) in [5.41, 5.74) is 0.903. The fourth-order valence-electron chi connectivity index (χ4n) is 1.47. The highest BCUT2D eigenvalue weighted by Crippen LogP contribution is 2.06. The maximum Gasteiger partial charge on any atom is 0.156 e. The van der Waals surface area contributed by atoms with Gasteiger partial charge in [0.2, 0.25) is 0 Å². The molecule has 2 heterocycles. The molecule has 5 nitrogen and oxygen atoms in total. The average molecular weight is 206 g/mol. The second-order valence-electron chi connectivity index (χ2n) is 3.44. The van der Waals surface area contributed by atoms with Crippen molar-refractivity contribution in [3.63, 3.8) is 0 Å². The van der Waals surface area contributed by atoms with Gasteiger partial charge in [0.05, 0.1) is 18.8 Å². The van der Waals surface area contributed by atoms with Crippen molar-refractivity contribution >= 4 is 0 Å². The predicted molar refractivity (Wildman–Crippen MR) is 55.3 cm³/mol. The number of hydrogen-bond donors (Lipinski definition) is 1. The van der Waals surface area contributed by atoms with E-state index >= 15 is 0 Å². The second-order valence-corrected chi connectivity index (χ2v) is 3.44. The first-order chi connectivity index (χ1) is 7.29. The second kappa shape index (κ2) is 4.27. The molecule has 0 aliphatic carbocycles. The first kappa shape index (κ1) is 9.92. The molecule has 0 saturated carbocycles.